The Labute approximate surface area is 134 Å². The molecule has 6 heteroatoms. The minimum atomic E-state index is -0.582. The summed E-state index contributed by atoms with van der Waals surface area (Å²) in [7, 11) is 0. The molecule has 3 N–H and O–H groups in total. The summed E-state index contributed by atoms with van der Waals surface area (Å²) >= 11 is 4.96. The first kappa shape index (κ1) is 15.8. The number of benzene rings is 2. The first-order valence-corrected chi connectivity index (χ1v) is 7.25. The Morgan fingerprint density at radius 3 is 2.32 bits per heavy atom. The zero-order valence-electron chi connectivity index (χ0n) is 12.1. The van der Waals surface area contributed by atoms with Crippen LogP contribution in [0.15, 0.2) is 54.6 Å². The van der Waals surface area contributed by atoms with Crippen molar-refractivity contribution < 1.29 is 9.53 Å². The average molecular weight is 315 g/mol. The second-order valence-electron chi connectivity index (χ2n) is 4.37. The topological polar surface area (TPSA) is 62.4 Å². The van der Waals surface area contributed by atoms with Gasteiger partial charge in [-0.3, -0.25) is 16.2 Å². The third-order valence-corrected chi connectivity index (χ3v) is 3.01. The molecule has 0 aromatic heterocycles. The Balaban J connectivity index is 1.87. The van der Waals surface area contributed by atoms with Gasteiger partial charge in [-0.15, -0.1) is 0 Å². The van der Waals surface area contributed by atoms with Crippen LogP contribution in [0, 0.1) is 0 Å². The standard InChI is InChI=1S/C16H17N3O2S/c1-2-21-16(20)17-15(22)19-18-14-10-8-13(9-11-14)12-6-4-3-5-7-12/h3-11,18H,2H2,1H3,(H2,17,19,20,22). The SMILES string of the molecule is CCOC(=O)NC(=S)NNc1ccc(-c2ccccc2)cc1. The number of carbonyl (C=O) groups excluding carboxylic acids is 1. The maximum absolute atomic E-state index is 11.2. The fourth-order valence-electron chi connectivity index (χ4n) is 1.80. The molecule has 0 radical (unpaired) electrons. The molecule has 22 heavy (non-hydrogen) atoms. The van der Waals surface area contributed by atoms with Gasteiger partial charge in [0.05, 0.1) is 12.3 Å². The summed E-state index contributed by atoms with van der Waals surface area (Å²) in [6.07, 6.45) is -0.582. The summed E-state index contributed by atoms with van der Waals surface area (Å²) in [5, 5.41) is 2.53. The predicted molar refractivity (Wildman–Crippen MR) is 91.4 cm³/mol. The number of carbonyl (C=O) groups is 1. The summed E-state index contributed by atoms with van der Waals surface area (Å²) in [6, 6.07) is 17.9. The van der Waals surface area contributed by atoms with E-state index in [0.717, 1.165) is 16.8 Å². The quantitative estimate of drug-likeness (QED) is 0.597. The number of amides is 1. The molecular weight excluding hydrogens is 298 g/mol. The second kappa shape index (κ2) is 7.99. The summed E-state index contributed by atoms with van der Waals surface area (Å²) in [4.78, 5) is 11.2. The fourth-order valence-corrected chi connectivity index (χ4v) is 1.93. The van der Waals surface area contributed by atoms with Crippen LogP contribution in [-0.4, -0.2) is 17.8 Å². The second-order valence-corrected chi connectivity index (χ2v) is 4.78. The van der Waals surface area contributed by atoms with Crippen molar-refractivity contribution in [3.8, 4) is 11.1 Å². The number of hydrazine groups is 1. The lowest BCUT2D eigenvalue weighted by Crippen LogP contribution is -2.42. The van der Waals surface area contributed by atoms with E-state index in [9.17, 15) is 4.79 Å². The molecule has 0 aliphatic heterocycles. The number of thiocarbonyl (C=S) groups is 1. The van der Waals surface area contributed by atoms with Crippen LogP contribution in [0.5, 0.6) is 0 Å². The molecule has 0 saturated carbocycles. The maximum Gasteiger partial charge on any atom is 0.413 e. The Hall–Kier alpha value is -2.60. The number of hydrogen-bond donors (Lipinski definition) is 3. The lowest BCUT2D eigenvalue weighted by Gasteiger charge is -2.12. The molecule has 2 aromatic carbocycles. The average Bonchev–Trinajstić information content (AvgIpc) is 2.54. The van der Waals surface area contributed by atoms with Gasteiger partial charge in [0.15, 0.2) is 5.11 Å². The fraction of sp³-hybridized carbons (Fsp3) is 0.125. The highest BCUT2D eigenvalue weighted by Crippen LogP contribution is 2.20. The van der Waals surface area contributed by atoms with E-state index in [1.54, 1.807) is 6.92 Å². The van der Waals surface area contributed by atoms with Crippen LogP contribution in [0.3, 0.4) is 0 Å². The van der Waals surface area contributed by atoms with Gasteiger partial charge in [0.2, 0.25) is 0 Å². The van der Waals surface area contributed by atoms with Crippen molar-refractivity contribution >= 4 is 29.1 Å². The van der Waals surface area contributed by atoms with Gasteiger partial charge in [0.1, 0.15) is 0 Å². The van der Waals surface area contributed by atoms with Crippen LogP contribution in [0.4, 0.5) is 10.5 Å². The number of nitrogens with one attached hydrogen (secondary N) is 3. The van der Waals surface area contributed by atoms with Gasteiger partial charge < -0.3 is 4.74 Å². The van der Waals surface area contributed by atoms with Gasteiger partial charge in [-0.25, -0.2) is 4.79 Å². The lowest BCUT2D eigenvalue weighted by molar-refractivity contribution is 0.158. The highest BCUT2D eigenvalue weighted by atomic mass is 32.1. The summed E-state index contributed by atoms with van der Waals surface area (Å²) in [6.45, 7) is 2.02. The van der Waals surface area contributed by atoms with Gasteiger partial charge in [-0.05, 0) is 42.4 Å². The van der Waals surface area contributed by atoms with Gasteiger partial charge in [-0.2, -0.15) is 0 Å². The van der Waals surface area contributed by atoms with E-state index in [1.165, 1.54) is 0 Å². The lowest BCUT2D eigenvalue weighted by atomic mass is 10.1. The van der Waals surface area contributed by atoms with Crippen LogP contribution in [0.2, 0.25) is 0 Å². The van der Waals surface area contributed by atoms with E-state index >= 15 is 0 Å². The molecule has 2 aromatic rings. The van der Waals surface area contributed by atoms with Gasteiger partial charge in [0.25, 0.3) is 0 Å². The highest BCUT2D eigenvalue weighted by Gasteiger charge is 2.03. The van der Waals surface area contributed by atoms with Crippen LogP contribution < -0.4 is 16.2 Å². The zero-order chi connectivity index (χ0) is 15.8. The minimum absolute atomic E-state index is 0.144. The summed E-state index contributed by atoms with van der Waals surface area (Å²) in [5.74, 6) is 0. The molecule has 0 aliphatic carbocycles. The predicted octanol–water partition coefficient (Wildman–Crippen LogP) is 3.30. The van der Waals surface area contributed by atoms with Crippen LogP contribution in [0.25, 0.3) is 11.1 Å². The highest BCUT2D eigenvalue weighted by molar-refractivity contribution is 7.80. The Bertz CT molecular complexity index is 630. The van der Waals surface area contributed by atoms with Crippen molar-refractivity contribution in [1.29, 1.82) is 0 Å². The first-order valence-electron chi connectivity index (χ1n) is 6.84. The molecule has 114 valence electrons. The van der Waals surface area contributed by atoms with Crippen molar-refractivity contribution in [3.05, 3.63) is 54.6 Å². The third kappa shape index (κ3) is 4.75. The third-order valence-electron chi connectivity index (χ3n) is 2.80. The van der Waals surface area contributed by atoms with E-state index in [-0.39, 0.29) is 5.11 Å². The largest absolute Gasteiger partial charge is 0.450 e. The Morgan fingerprint density at radius 1 is 1.05 bits per heavy atom. The number of alkyl carbamates (subject to hydrolysis) is 1. The molecule has 1 amide bonds. The zero-order valence-corrected chi connectivity index (χ0v) is 12.9. The molecule has 2 rings (SSSR count). The first-order chi connectivity index (χ1) is 10.7. The van der Waals surface area contributed by atoms with Gasteiger partial charge in [-0.1, -0.05) is 42.5 Å². The van der Waals surface area contributed by atoms with Crippen LogP contribution in [-0.2, 0) is 4.74 Å². The Kier molecular flexibility index (Phi) is 5.73. The number of anilines is 1. The van der Waals surface area contributed by atoms with E-state index in [0.29, 0.717) is 6.61 Å². The molecule has 0 spiro atoms. The summed E-state index contributed by atoms with van der Waals surface area (Å²) < 4.78 is 4.72. The van der Waals surface area contributed by atoms with E-state index < -0.39 is 6.09 Å². The normalized spacial score (nSPS) is 9.68. The Morgan fingerprint density at radius 2 is 1.68 bits per heavy atom. The van der Waals surface area contributed by atoms with Gasteiger partial charge >= 0.3 is 6.09 Å². The molecule has 0 unspecified atom stereocenters. The molecule has 0 saturated heterocycles. The van der Waals surface area contributed by atoms with Crippen molar-refractivity contribution in [2.45, 2.75) is 6.92 Å². The van der Waals surface area contributed by atoms with E-state index in [1.807, 2.05) is 42.5 Å². The molecule has 0 heterocycles. The molecule has 0 bridgehead atoms. The van der Waals surface area contributed by atoms with E-state index in [2.05, 4.69) is 28.3 Å². The molecule has 0 aliphatic rings. The molecular formula is C16H17N3O2S. The number of ether oxygens (including phenoxy) is 1. The molecule has 0 fully saturated rings. The van der Waals surface area contributed by atoms with E-state index in [4.69, 9.17) is 17.0 Å². The number of rotatable bonds is 4. The van der Waals surface area contributed by atoms with Gasteiger partial charge in [0, 0.05) is 0 Å². The molecule has 5 nitrogen and oxygen atoms in total. The monoisotopic (exact) mass is 315 g/mol. The summed E-state index contributed by atoms with van der Waals surface area (Å²) in [5.41, 5.74) is 8.73. The minimum Gasteiger partial charge on any atom is -0.450 e. The van der Waals surface area contributed by atoms with Crippen molar-refractivity contribution in [2.75, 3.05) is 12.0 Å². The van der Waals surface area contributed by atoms with Crippen LogP contribution >= 0.6 is 12.2 Å². The van der Waals surface area contributed by atoms with Crippen molar-refractivity contribution in [1.82, 2.24) is 10.7 Å². The number of hydrogen-bond acceptors (Lipinski definition) is 4. The maximum atomic E-state index is 11.2. The molecule has 0 atom stereocenters. The van der Waals surface area contributed by atoms with Crippen molar-refractivity contribution in [2.24, 2.45) is 0 Å². The van der Waals surface area contributed by atoms with Crippen molar-refractivity contribution in [3.63, 3.8) is 0 Å². The smallest absolute Gasteiger partial charge is 0.413 e. The van der Waals surface area contributed by atoms with Crippen LogP contribution in [0.1, 0.15) is 6.92 Å².